The molecule has 0 amide bonds. The molecule has 0 aromatic carbocycles. The molecule has 0 saturated heterocycles. The zero-order chi connectivity index (χ0) is 13.4. The number of rotatable bonds is 2. The third kappa shape index (κ3) is 10.8. The van der Waals surface area contributed by atoms with Crippen molar-refractivity contribution in [2.75, 3.05) is 0 Å². The summed E-state index contributed by atoms with van der Waals surface area (Å²) in [5, 5.41) is 6.56. The summed E-state index contributed by atoms with van der Waals surface area (Å²) in [5.41, 5.74) is 1.91. The molecule has 0 bridgehead atoms. The molecule has 0 radical (unpaired) electrons. The topological polar surface area (TPSA) is 28.7 Å². The van der Waals surface area contributed by atoms with Crippen LogP contribution in [0, 0.1) is 0 Å². The lowest BCUT2D eigenvalue weighted by Gasteiger charge is -1.84. The van der Waals surface area contributed by atoms with Crippen molar-refractivity contribution < 1.29 is 0 Å². The summed E-state index contributed by atoms with van der Waals surface area (Å²) in [7, 11) is 0. The molecule has 94 valence electrons. The summed E-state index contributed by atoms with van der Waals surface area (Å²) in [4.78, 5) is 0. The molecule has 0 spiro atoms. The van der Waals surface area contributed by atoms with Crippen LogP contribution in [0.15, 0.2) is 19.4 Å². The first-order chi connectivity index (χ1) is 7.79. The molecule has 0 unspecified atom stereocenters. The fourth-order valence-electron chi connectivity index (χ4n) is 0.632. The molecule has 0 aliphatic rings. The average molecular weight is 224 g/mol. The number of nitrogens with one attached hydrogen (secondary N) is 1. The summed E-state index contributed by atoms with van der Waals surface area (Å²) in [5.74, 6) is 0. The van der Waals surface area contributed by atoms with Crippen LogP contribution in [0.5, 0.6) is 0 Å². The van der Waals surface area contributed by atoms with Crippen LogP contribution in [0.4, 0.5) is 0 Å². The lowest BCUT2D eigenvalue weighted by Crippen LogP contribution is -1.72. The van der Waals surface area contributed by atoms with Crippen LogP contribution in [0.2, 0.25) is 0 Å². The van der Waals surface area contributed by atoms with Crippen molar-refractivity contribution in [3.8, 4) is 0 Å². The lowest BCUT2D eigenvalue weighted by atomic mass is 10.2. The Morgan fingerprint density at radius 1 is 1.12 bits per heavy atom. The number of nitrogens with zero attached hydrogens (tertiary/aromatic N) is 1. The maximum atomic E-state index is 3.80. The average Bonchev–Trinajstić information content (AvgIpc) is 2.82. The first kappa shape index (κ1) is 20.1. The fraction of sp³-hybridized carbons (Fsp3) is 0.500. The highest BCUT2D eigenvalue weighted by molar-refractivity contribution is 5.59. The van der Waals surface area contributed by atoms with Crippen molar-refractivity contribution in [3.05, 3.63) is 30.6 Å². The van der Waals surface area contributed by atoms with Gasteiger partial charge in [0.15, 0.2) is 0 Å². The van der Waals surface area contributed by atoms with E-state index < -0.39 is 0 Å². The highest BCUT2D eigenvalue weighted by Crippen LogP contribution is 2.05. The maximum Gasteiger partial charge on any atom is 0.0644 e. The van der Waals surface area contributed by atoms with Crippen molar-refractivity contribution in [1.82, 2.24) is 10.2 Å². The highest BCUT2D eigenvalue weighted by atomic mass is 15.1. The second kappa shape index (κ2) is 19.3. The van der Waals surface area contributed by atoms with E-state index in [0.717, 1.165) is 11.3 Å². The lowest BCUT2D eigenvalue weighted by molar-refractivity contribution is 1.08. The minimum Gasteiger partial charge on any atom is -0.278 e. The summed E-state index contributed by atoms with van der Waals surface area (Å²) < 4.78 is 0. The predicted octanol–water partition coefficient (Wildman–Crippen LogP) is 5.16. The smallest absolute Gasteiger partial charge is 0.0644 e. The molecule has 0 fully saturated rings. The normalized spacial score (nSPS) is 6.88. The number of aromatic nitrogens is 2. The van der Waals surface area contributed by atoms with Crippen molar-refractivity contribution >= 4 is 12.2 Å². The van der Waals surface area contributed by atoms with Gasteiger partial charge in [0.2, 0.25) is 0 Å². The van der Waals surface area contributed by atoms with E-state index in [1.54, 1.807) is 18.3 Å². The minimum absolute atomic E-state index is 0.921. The fourth-order valence-corrected chi connectivity index (χ4v) is 0.632. The van der Waals surface area contributed by atoms with Gasteiger partial charge in [-0.2, -0.15) is 5.10 Å². The van der Waals surface area contributed by atoms with Crippen LogP contribution >= 0.6 is 0 Å². The summed E-state index contributed by atoms with van der Waals surface area (Å²) >= 11 is 0. The van der Waals surface area contributed by atoms with E-state index >= 15 is 0 Å². The van der Waals surface area contributed by atoms with Gasteiger partial charge < -0.3 is 0 Å². The molecule has 1 aromatic rings. The Labute approximate surface area is 101 Å². The minimum atomic E-state index is 0.921. The molecule has 0 aliphatic carbocycles. The molecule has 0 saturated carbocycles. The van der Waals surface area contributed by atoms with Gasteiger partial charge in [0.25, 0.3) is 0 Å². The molecule has 0 aliphatic heterocycles. The third-order valence-electron chi connectivity index (χ3n) is 1.12. The van der Waals surface area contributed by atoms with Crippen LogP contribution in [0.25, 0.3) is 12.2 Å². The van der Waals surface area contributed by atoms with Crippen LogP contribution in [0.3, 0.4) is 0 Å². The summed E-state index contributed by atoms with van der Waals surface area (Å²) in [6.07, 6.45) is 6.41. The van der Waals surface area contributed by atoms with Crippen molar-refractivity contribution in [3.63, 3.8) is 0 Å². The van der Waals surface area contributed by atoms with E-state index in [0.29, 0.717) is 0 Å². The molecule has 1 N–H and O–H groups in total. The second-order valence-electron chi connectivity index (χ2n) is 2.35. The molecule has 0 atom stereocenters. The first-order valence-electron chi connectivity index (χ1n) is 6.08. The highest BCUT2D eigenvalue weighted by Gasteiger charge is 1.92. The van der Waals surface area contributed by atoms with E-state index in [4.69, 9.17) is 0 Å². The number of aromatic amines is 1. The largest absolute Gasteiger partial charge is 0.278 e. The van der Waals surface area contributed by atoms with Gasteiger partial charge in [0.1, 0.15) is 0 Å². The van der Waals surface area contributed by atoms with Gasteiger partial charge in [-0.1, -0.05) is 67.2 Å². The second-order valence-corrected chi connectivity index (χ2v) is 2.35. The third-order valence-corrected chi connectivity index (χ3v) is 1.12. The predicted molar refractivity (Wildman–Crippen MR) is 77.4 cm³/mol. The van der Waals surface area contributed by atoms with Gasteiger partial charge in [-0.25, -0.2) is 0 Å². The van der Waals surface area contributed by atoms with Crippen LogP contribution in [-0.4, -0.2) is 10.2 Å². The van der Waals surface area contributed by atoms with Crippen LogP contribution in [-0.2, 0) is 0 Å². The van der Waals surface area contributed by atoms with E-state index in [1.807, 2.05) is 27.7 Å². The van der Waals surface area contributed by atoms with Gasteiger partial charge in [-0.3, -0.25) is 5.10 Å². The van der Waals surface area contributed by atoms with E-state index in [9.17, 15) is 0 Å². The van der Waals surface area contributed by atoms with Crippen molar-refractivity contribution in [1.29, 1.82) is 0 Å². The Kier molecular flexibility index (Phi) is 24.3. The van der Waals surface area contributed by atoms with Crippen molar-refractivity contribution in [2.45, 2.75) is 48.0 Å². The molecule has 1 heterocycles. The number of hydrogen-bond donors (Lipinski definition) is 1. The molecule has 2 heteroatoms. The van der Waals surface area contributed by atoms with Gasteiger partial charge in [0, 0.05) is 5.56 Å². The quantitative estimate of drug-likeness (QED) is 0.738. The van der Waals surface area contributed by atoms with Crippen molar-refractivity contribution in [2.24, 2.45) is 0 Å². The Bertz CT molecular complexity index is 214. The molecule has 1 rings (SSSR count). The number of H-pyrrole nitrogens is 1. The summed E-state index contributed by atoms with van der Waals surface area (Å²) in [6.45, 7) is 19.4. The maximum absolute atomic E-state index is 3.80. The Hall–Kier alpha value is -1.31. The van der Waals surface area contributed by atoms with E-state index in [2.05, 4.69) is 37.2 Å². The first-order valence-corrected chi connectivity index (χ1v) is 6.08. The zero-order valence-corrected chi connectivity index (χ0v) is 11.8. The van der Waals surface area contributed by atoms with Gasteiger partial charge in [-0.05, 0) is 6.08 Å². The molecule has 1 aromatic heterocycles. The monoisotopic (exact) mass is 224 g/mol. The van der Waals surface area contributed by atoms with Gasteiger partial charge in [0.05, 0.1) is 11.9 Å². The van der Waals surface area contributed by atoms with E-state index in [-0.39, 0.29) is 0 Å². The molecule has 16 heavy (non-hydrogen) atoms. The Morgan fingerprint density at radius 2 is 1.56 bits per heavy atom. The Morgan fingerprint density at radius 3 is 1.81 bits per heavy atom. The molecule has 2 nitrogen and oxygen atoms in total. The van der Waals surface area contributed by atoms with Gasteiger partial charge in [-0.15, -0.1) is 0 Å². The van der Waals surface area contributed by atoms with Crippen LogP contribution < -0.4 is 0 Å². The Balaban J connectivity index is -0.000000206. The van der Waals surface area contributed by atoms with E-state index in [1.165, 1.54) is 6.42 Å². The van der Waals surface area contributed by atoms with Crippen LogP contribution in [0.1, 0.15) is 59.2 Å². The number of hydrogen-bond acceptors (Lipinski definition) is 1. The zero-order valence-electron chi connectivity index (χ0n) is 11.8. The van der Waals surface area contributed by atoms with Gasteiger partial charge >= 0.3 is 0 Å². The summed E-state index contributed by atoms with van der Waals surface area (Å²) in [6, 6.07) is 0. The standard InChI is InChI=1S/C7H8N2.C3H8.2C2H6/c1-3-6-5-8-9-7(6)4-2;1-3-2;2*1-2/h3-5H,1-2H2,(H,8,9);3H2,1-2H3;2*1-2H3. The molecular weight excluding hydrogens is 196 g/mol. The SMILES string of the molecule is C=Cc1cn[nH]c1C=C.CC.CC.CCC. The molecular formula is C14H28N2.